The lowest BCUT2D eigenvalue weighted by molar-refractivity contribution is 0.0794. The molecule has 0 aromatic rings. The van der Waals surface area contributed by atoms with E-state index in [1.165, 1.54) is 0 Å². The van der Waals surface area contributed by atoms with Gasteiger partial charge in [-0.15, -0.1) is 0 Å². The normalized spacial score (nSPS) is 45.0. The summed E-state index contributed by atoms with van der Waals surface area (Å²) in [6, 6.07) is -0.436. The number of rotatable bonds is 0. The van der Waals surface area contributed by atoms with Crippen LogP contribution in [0.15, 0.2) is 0 Å². The van der Waals surface area contributed by atoms with E-state index in [1.807, 2.05) is 0 Å². The summed E-state index contributed by atoms with van der Waals surface area (Å²) in [5, 5.41) is 8.95. The van der Waals surface area contributed by atoms with Crippen LogP contribution in [0.3, 0.4) is 0 Å². The predicted octanol–water partition coefficient (Wildman–Crippen LogP) is 0.197. The van der Waals surface area contributed by atoms with E-state index in [0.29, 0.717) is 19.3 Å². The Balaban J connectivity index is 2.35. The highest BCUT2D eigenvalue weighted by Crippen LogP contribution is 2.19. The van der Waals surface area contributed by atoms with Crippen LogP contribution in [0.1, 0.15) is 19.3 Å². The molecule has 54 valence electrons. The molecule has 0 bridgehead atoms. The van der Waals surface area contributed by atoms with Crippen molar-refractivity contribution in [1.82, 2.24) is 0 Å². The maximum Gasteiger partial charge on any atom is 0.115 e. The molecule has 1 saturated carbocycles. The summed E-state index contributed by atoms with van der Waals surface area (Å²) >= 11 is 0. The SMILES string of the molecule is NC1CC(O)CCC1F. The zero-order valence-electron chi connectivity index (χ0n) is 5.26. The topological polar surface area (TPSA) is 46.2 Å². The van der Waals surface area contributed by atoms with Crippen molar-refractivity contribution in [3.63, 3.8) is 0 Å². The van der Waals surface area contributed by atoms with Crippen LogP contribution >= 0.6 is 0 Å². The summed E-state index contributed by atoms with van der Waals surface area (Å²) in [4.78, 5) is 0. The highest BCUT2D eigenvalue weighted by atomic mass is 19.1. The molecule has 9 heavy (non-hydrogen) atoms. The van der Waals surface area contributed by atoms with Crippen molar-refractivity contribution in [1.29, 1.82) is 0 Å². The van der Waals surface area contributed by atoms with Crippen LogP contribution in [0.2, 0.25) is 0 Å². The van der Waals surface area contributed by atoms with Gasteiger partial charge < -0.3 is 10.8 Å². The zero-order valence-corrected chi connectivity index (χ0v) is 5.26. The Morgan fingerprint density at radius 1 is 1.44 bits per heavy atom. The molecule has 1 aliphatic carbocycles. The molecule has 1 fully saturated rings. The molecule has 3 heteroatoms. The molecule has 1 rings (SSSR count). The number of alkyl halides is 1. The molecule has 0 spiro atoms. The van der Waals surface area contributed by atoms with E-state index in [1.54, 1.807) is 0 Å². The van der Waals surface area contributed by atoms with Gasteiger partial charge in [-0.05, 0) is 19.3 Å². The van der Waals surface area contributed by atoms with Crippen LogP contribution in [0.25, 0.3) is 0 Å². The number of halogens is 1. The molecule has 1 aliphatic rings. The quantitative estimate of drug-likeness (QED) is 0.495. The Morgan fingerprint density at radius 3 is 2.56 bits per heavy atom. The van der Waals surface area contributed by atoms with E-state index in [9.17, 15) is 4.39 Å². The van der Waals surface area contributed by atoms with Gasteiger partial charge in [-0.2, -0.15) is 0 Å². The molecule has 0 saturated heterocycles. The largest absolute Gasteiger partial charge is 0.393 e. The first kappa shape index (κ1) is 6.96. The molecule has 0 aromatic heterocycles. The number of aliphatic hydroxyl groups is 1. The smallest absolute Gasteiger partial charge is 0.115 e. The predicted molar refractivity (Wildman–Crippen MR) is 32.7 cm³/mol. The maximum atomic E-state index is 12.5. The second kappa shape index (κ2) is 2.62. The summed E-state index contributed by atoms with van der Waals surface area (Å²) in [6.07, 6.45) is 0.138. The second-order valence-electron chi connectivity index (χ2n) is 2.65. The standard InChI is InChI=1S/C6H12FNO/c7-5-2-1-4(9)3-6(5)8/h4-6,9H,1-3,8H2. The zero-order chi connectivity index (χ0) is 6.85. The van der Waals surface area contributed by atoms with Crippen molar-refractivity contribution < 1.29 is 9.50 Å². The number of aliphatic hydroxyl groups excluding tert-OH is 1. The van der Waals surface area contributed by atoms with Crippen molar-refractivity contribution >= 4 is 0 Å². The molecule has 0 radical (unpaired) electrons. The maximum absolute atomic E-state index is 12.5. The van der Waals surface area contributed by atoms with Crippen molar-refractivity contribution in [3.8, 4) is 0 Å². The monoisotopic (exact) mass is 133 g/mol. The number of nitrogens with two attached hydrogens (primary N) is 1. The summed E-state index contributed by atoms with van der Waals surface area (Å²) in [5.74, 6) is 0. The van der Waals surface area contributed by atoms with E-state index < -0.39 is 12.2 Å². The molecule has 0 aromatic carbocycles. The average Bonchev–Trinajstić information content (AvgIpc) is 1.80. The van der Waals surface area contributed by atoms with Crippen molar-refractivity contribution in [2.45, 2.75) is 37.6 Å². The fraction of sp³-hybridized carbons (Fsp3) is 1.00. The highest BCUT2D eigenvalue weighted by molar-refractivity contribution is 4.81. The first-order valence-electron chi connectivity index (χ1n) is 3.28. The van der Waals surface area contributed by atoms with Gasteiger partial charge >= 0.3 is 0 Å². The van der Waals surface area contributed by atoms with E-state index in [-0.39, 0.29) is 6.10 Å². The number of hydrogen-bond donors (Lipinski definition) is 2. The highest BCUT2D eigenvalue weighted by Gasteiger charge is 2.25. The fourth-order valence-corrected chi connectivity index (χ4v) is 1.15. The summed E-state index contributed by atoms with van der Waals surface area (Å²) in [5.41, 5.74) is 5.33. The Kier molecular flexibility index (Phi) is 2.03. The molecule has 3 unspecified atom stereocenters. The minimum atomic E-state index is -0.895. The van der Waals surface area contributed by atoms with Crippen LogP contribution in [-0.2, 0) is 0 Å². The molecular weight excluding hydrogens is 121 g/mol. The molecule has 0 heterocycles. The van der Waals surface area contributed by atoms with Gasteiger partial charge in [0.1, 0.15) is 6.17 Å². The lowest BCUT2D eigenvalue weighted by Crippen LogP contribution is -2.39. The molecule has 3 atom stereocenters. The number of hydrogen-bond acceptors (Lipinski definition) is 2. The second-order valence-corrected chi connectivity index (χ2v) is 2.65. The van der Waals surface area contributed by atoms with Crippen LogP contribution in [0.5, 0.6) is 0 Å². The minimum absolute atomic E-state index is 0.369. The summed E-state index contributed by atoms with van der Waals surface area (Å²) in [6.45, 7) is 0. The van der Waals surface area contributed by atoms with Gasteiger partial charge in [-0.25, -0.2) is 4.39 Å². The van der Waals surface area contributed by atoms with Crippen molar-refractivity contribution in [2.75, 3.05) is 0 Å². The van der Waals surface area contributed by atoms with Gasteiger partial charge in [-0.1, -0.05) is 0 Å². The van der Waals surface area contributed by atoms with Crippen LogP contribution in [-0.4, -0.2) is 23.4 Å². The minimum Gasteiger partial charge on any atom is -0.393 e. The van der Waals surface area contributed by atoms with Gasteiger partial charge in [-0.3, -0.25) is 0 Å². The Morgan fingerprint density at radius 2 is 2.11 bits per heavy atom. The first-order chi connectivity index (χ1) is 4.20. The molecule has 0 aliphatic heterocycles. The first-order valence-corrected chi connectivity index (χ1v) is 3.28. The summed E-state index contributed by atoms with van der Waals surface area (Å²) < 4.78 is 12.5. The van der Waals surface area contributed by atoms with E-state index in [0.717, 1.165) is 0 Å². The molecule has 2 nitrogen and oxygen atoms in total. The third-order valence-corrected chi connectivity index (χ3v) is 1.78. The Labute approximate surface area is 53.9 Å². The average molecular weight is 133 g/mol. The summed E-state index contributed by atoms with van der Waals surface area (Å²) in [7, 11) is 0. The van der Waals surface area contributed by atoms with Crippen molar-refractivity contribution in [3.05, 3.63) is 0 Å². The van der Waals surface area contributed by atoms with Gasteiger partial charge in [0.05, 0.1) is 6.10 Å². The van der Waals surface area contributed by atoms with Gasteiger partial charge in [0.15, 0.2) is 0 Å². The van der Waals surface area contributed by atoms with E-state index >= 15 is 0 Å². The fourth-order valence-electron chi connectivity index (χ4n) is 1.15. The lowest BCUT2D eigenvalue weighted by Gasteiger charge is -2.25. The van der Waals surface area contributed by atoms with E-state index in [4.69, 9.17) is 10.8 Å². The molecule has 3 N–H and O–H groups in total. The van der Waals surface area contributed by atoms with E-state index in [2.05, 4.69) is 0 Å². The van der Waals surface area contributed by atoms with Crippen LogP contribution in [0, 0.1) is 0 Å². The molecular formula is C6H12FNO. The van der Waals surface area contributed by atoms with Crippen LogP contribution in [0.4, 0.5) is 4.39 Å². The van der Waals surface area contributed by atoms with Crippen LogP contribution < -0.4 is 5.73 Å². The van der Waals surface area contributed by atoms with Crippen molar-refractivity contribution in [2.24, 2.45) is 5.73 Å². The van der Waals surface area contributed by atoms with Gasteiger partial charge in [0, 0.05) is 6.04 Å². The third kappa shape index (κ3) is 1.63. The third-order valence-electron chi connectivity index (χ3n) is 1.78. The lowest BCUT2D eigenvalue weighted by atomic mass is 9.92. The Bertz CT molecular complexity index is 99.1. The van der Waals surface area contributed by atoms with Gasteiger partial charge in [0.2, 0.25) is 0 Å². The van der Waals surface area contributed by atoms with Gasteiger partial charge in [0.25, 0.3) is 0 Å². The molecule has 0 amide bonds. The Hall–Kier alpha value is -0.150.